The molecule has 0 fully saturated rings. The predicted molar refractivity (Wildman–Crippen MR) is 146 cm³/mol. The van der Waals surface area contributed by atoms with Gasteiger partial charge in [-0.1, -0.05) is 31.2 Å². The third-order valence-electron chi connectivity index (χ3n) is 6.69. The van der Waals surface area contributed by atoms with Gasteiger partial charge in [0.15, 0.2) is 9.84 Å². The number of halogens is 3. The van der Waals surface area contributed by atoms with Crippen molar-refractivity contribution in [2.45, 2.75) is 50.3 Å². The summed E-state index contributed by atoms with van der Waals surface area (Å²) in [7, 11) is -3.37. The van der Waals surface area contributed by atoms with E-state index >= 15 is 0 Å². The molecule has 1 aromatic heterocycles. The Labute approximate surface area is 230 Å². The predicted octanol–water partition coefficient (Wildman–Crippen LogP) is 5.48. The number of benzene rings is 3. The molecule has 0 radical (unpaired) electrons. The number of hydrogen-bond donors (Lipinski definition) is 2. The van der Waals surface area contributed by atoms with E-state index in [1.54, 1.807) is 37.3 Å². The van der Waals surface area contributed by atoms with E-state index in [2.05, 4.69) is 10.3 Å². The Morgan fingerprint density at radius 3 is 2.23 bits per heavy atom. The third kappa shape index (κ3) is 6.20. The summed E-state index contributed by atoms with van der Waals surface area (Å²) < 4.78 is 64.9. The normalized spacial score (nSPS) is 13.1. The Morgan fingerprint density at radius 2 is 1.68 bits per heavy atom. The number of sulfone groups is 1. The molecular weight excluding hydrogens is 543 g/mol. The van der Waals surface area contributed by atoms with Crippen LogP contribution in [0.4, 0.5) is 13.2 Å². The van der Waals surface area contributed by atoms with Crippen molar-refractivity contribution < 1.29 is 31.5 Å². The summed E-state index contributed by atoms with van der Waals surface area (Å²) in [6.45, 7) is 5.07. The molecule has 11 heteroatoms. The van der Waals surface area contributed by atoms with Crippen LogP contribution in [-0.2, 0) is 22.4 Å². The van der Waals surface area contributed by atoms with Crippen molar-refractivity contribution in [2.75, 3.05) is 12.4 Å². The van der Waals surface area contributed by atoms with Crippen LogP contribution in [-0.4, -0.2) is 41.3 Å². The molecular formula is C29H30F3N3O4S. The average Bonchev–Trinajstić information content (AvgIpc) is 3.28. The number of aromatic nitrogens is 2. The number of fused-ring (bicyclic) bond motifs is 1. The minimum atomic E-state index is -4.41. The number of nitrogens with zero attached hydrogens (tertiary/aromatic N) is 2. The molecule has 0 bridgehead atoms. The van der Waals surface area contributed by atoms with Crippen LogP contribution in [0.1, 0.15) is 65.7 Å². The van der Waals surface area contributed by atoms with Gasteiger partial charge in [-0.3, -0.25) is 4.79 Å². The highest BCUT2D eigenvalue weighted by Crippen LogP contribution is 2.30. The van der Waals surface area contributed by atoms with E-state index in [1.165, 1.54) is 24.3 Å². The zero-order valence-electron chi connectivity index (χ0n) is 22.2. The first kappa shape index (κ1) is 29.3. The maximum absolute atomic E-state index is 13.2. The number of amides is 1. The molecule has 0 aliphatic rings. The van der Waals surface area contributed by atoms with E-state index < -0.39 is 40.1 Å². The summed E-state index contributed by atoms with van der Waals surface area (Å²) in [5, 5.41) is 12.7. The number of imidazole rings is 1. The van der Waals surface area contributed by atoms with Gasteiger partial charge in [0, 0.05) is 18.0 Å². The van der Waals surface area contributed by atoms with Gasteiger partial charge < -0.3 is 15.0 Å². The number of aliphatic hydroxyl groups excluding tert-OH is 1. The molecule has 7 nitrogen and oxygen atoms in total. The molecule has 4 aromatic rings. The molecule has 1 atom stereocenters. The van der Waals surface area contributed by atoms with E-state index in [1.807, 2.05) is 18.4 Å². The quantitative estimate of drug-likeness (QED) is 0.276. The number of hydrogen-bond acceptors (Lipinski definition) is 5. The van der Waals surface area contributed by atoms with Crippen LogP contribution in [0.25, 0.3) is 11.0 Å². The summed E-state index contributed by atoms with van der Waals surface area (Å²) in [5.41, 5.74) is 2.17. The Hall–Kier alpha value is -3.70. The number of rotatable bonds is 9. The number of nitrogens with one attached hydrogen (secondary N) is 1. The molecule has 0 saturated carbocycles. The van der Waals surface area contributed by atoms with Crippen LogP contribution in [0.3, 0.4) is 0 Å². The fourth-order valence-electron chi connectivity index (χ4n) is 4.53. The first-order valence-corrected chi connectivity index (χ1v) is 14.4. The molecule has 212 valence electrons. The first-order chi connectivity index (χ1) is 18.8. The zero-order chi connectivity index (χ0) is 29.2. The van der Waals surface area contributed by atoms with Crippen molar-refractivity contribution in [3.05, 3.63) is 94.8 Å². The highest BCUT2D eigenvalue weighted by Gasteiger charge is 2.30. The zero-order valence-corrected chi connectivity index (χ0v) is 23.1. The highest BCUT2D eigenvalue weighted by molar-refractivity contribution is 7.91. The standard InChI is InChI=1S/C29H30F3N3O4S/c1-4-40(38,39)23-12-7-20(8-13-23)25(17-36)34-28(37)21-9-14-24-26(16-21)35(18(2)3)27(33-24)15-19-5-10-22(11-6-19)29(30,31)32/h5-14,16,18,25,36H,4,15,17H2,1-3H3,(H,34,37)/t25-/m0/s1. The summed E-state index contributed by atoms with van der Waals surface area (Å²) in [6.07, 6.45) is -4.10. The van der Waals surface area contributed by atoms with Gasteiger partial charge in [-0.15, -0.1) is 0 Å². The van der Waals surface area contributed by atoms with Crippen molar-refractivity contribution in [1.29, 1.82) is 0 Å². The minimum Gasteiger partial charge on any atom is -0.394 e. The molecule has 40 heavy (non-hydrogen) atoms. The lowest BCUT2D eigenvalue weighted by atomic mass is 10.1. The Bertz CT molecular complexity index is 1610. The topological polar surface area (TPSA) is 101 Å². The lowest BCUT2D eigenvalue weighted by Crippen LogP contribution is -2.30. The summed E-state index contributed by atoms with van der Waals surface area (Å²) in [4.78, 5) is 18.0. The van der Waals surface area contributed by atoms with Crippen LogP contribution in [0.2, 0.25) is 0 Å². The Balaban J connectivity index is 1.59. The first-order valence-electron chi connectivity index (χ1n) is 12.8. The lowest BCUT2D eigenvalue weighted by Gasteiger charge is -2.18. The Morgan fingerprint density at radius 1 is 1.02 bits per heavy atom. The summed E-state index contributed by atoms with van der Waals surface area (Å²) in [6, 6.07) is 15.2. The third-order valence-corrected chi connectivity index (χ3v) is 8.44. The van der Waals surface area contributed by atoms with Gasteiger partial charge in [-0.2, -0.15) is 13.2 Å². The maximum Gasteiger partial charge on any atom is 0.416 e. The van der Waals surface area contributed by atoms with Gasteiger partial charge >= 0.3 is 6.18 Å². The molecule has 0 spiro atoms. The average molecular weight is 574 g/mol. The van der Waals surface area contributed by atoms with Crippen LogP contribution in [0.5, 0.6) is 0 Å². The van der Waals surface area contributed by atoms with Crippen molar-refractivity contribution in [1.82, 2.24) is 14.9 Å². The van der Waals surface area contributed by atoms with Crippen molar-refractivity contribution in [3.8, 4) is 0 Å². The van der Waals surface area contributed by atoms with Crippen molar-refractivity contribution in [2.24, 2.45) is 0 Å². The smallest absolute Gasteiger partial charge is 0.394 e. The SMILES string of the molecule is CCS(=O)(=O)c1ccc([C@H](CO)NC(=O)c2ccc3nc(Cc4ccc(C(F)(F)F)cc4)n(C(C)C)c3c2)cc1. The fourth-order valence-corrected chi connectivity index (χ4v) is 5.41. The van der Waals surface area contributed by atoms with Gasteiger partial charge in [0.05, 0.1) is 39.9 Å². The fraction of sp³-hybridized carbons (Fsp3) is 0.310. The van der Waals surface area contributed by atoms with Crippen LogP contribution in [0.15, 0.2) is 71.6 Å². The van der Waals surface area contributed by atoms with E-state index in [0.29, 0.717) is 40.0 Å². The monoisotopic (exact) mass is 573 g/mol. The van der Waals surface area contributed by atoms with Crippen molar-refractivity contribution in [3.63, 3.8) is 0 Å². The van der Waals surface area contributed by atoms with Gasteiger partial charge in [0.25, 0.3) is 5.91 Å². The maximum atomic E-state index is 13.2. The van der Waals surface area contributed by atoms with Gasteiger partial charge in [-0.05, 0) is 67.4 Å². The second-order valence-corrected chi connectivity index (χ2v) is 12.0. The molecule has 1 heterocycles. The molecule has 0 aliphatic carbocycles. The van der Waals surface area contributed by atoms with Gasteiger partial charge in [-0.25, -0.2) is 13.4 Å². The van der Waals surface area contributed by atoms with Gasteiger partial charge in [0.2, 0.25) is 0 Å². The molecule has 2 N–H and O–H groups in total. The molecule has 0 saturated heterocycles. The number of alkyl halides is 3. The second kappa shape index (κ2) is 11.4. The molecule has 0 aliphatic heterocycles. The van der Waals surface area contributed by atoms with E-state index in [-0.39, 0.29) is 16.7 Å². The summed E-state index contributed by atoms with van der Waals surface area (Å²) in [5.74, 6) is 0.179. The van der Waals surface area contributed by atoms with Crippen LogP contribution >= 0.6 is 0 Å². The molecule has 0 unspecified atom stereocenters. The van der Waals surface area contributed by atoms with E-state index in [4.69, 9.17) is 0 Å². The number of carbonyl (C=O) groups is 1. The van der Waals surface area contributed by atoms with E-state index in [9.17, 15) is 31.5 Å². The summed E-state index contributed by atoms with van der Waals surface area (Å²) >= 11 is 0. The van der Waals surface area contributed by atoms with Crippen LogP contribution < -0.4 is 5.32 Å². The largest absolute Gasteiger partial charge is 0.416 e. The number of aliphatic hydroxyl groups is 1. The Kier molecular flexibility index (Phi) is 8.36. The highest BCUT2D eigenvalue weighted by atomic mass is 32.2. The van der Waals surface area contributed by atoms with Crippen molar-refractivity contribution >= 4 is 26.8 Å². The minimum absolute atomic E-state index is 0.0337. The van der Waals surface area contributed by atoms with Gasteiger partial charge in [0.1, 0.15) is 5.82 Å². The molecule has 4 rings (SSSR count). The van der Waals surface area contributed by atoms with Crippen LogP contribution in [0, 0.1) is 0 Å². The molecule has 1 amide bonds. The molecule has 3 aromatic carbocycles. The number of carbonyl (C=O) groups excluding carboxylic acids is 1. The lowest BCUT2D eigenvalue weighted by molar-refractivity contribution is -0.137. The second-order valence-electron chi connectivity index (χ2n) is 9.75. The van der Waals surface area contributed by atoms with E-state index in [0.717, 1.165) is 12.1 Å².